The van der Waals surface area contributed by atoms with Crippen molar-refractivity contribution in [2.24, 2.45) is 0 Å². The lowest BCUT2D eigenvalue weighted by atomic mass is 10.3. The van der Waals surface area contributed by atoms with Gasteiger partial charge in [-0.3, -0.25) is 0 Å². The number of para-hydroxylation sites is 2. The van der Waals surface area contributed by atoms with Crippen LogP contribution in [0.4, 0.5) is 5.69 Å². The zero-order valence-corrected chi connectivity index (χ0v) is 8.53. The molecule has 0 bridgehead atoms. The quantitative estimate of drug-likeness (QED) is 0.482. The Kier molecular flexibility index (Phi) is 6.29. The van der Waals surface area contributed by atoms with Crippen molar-refractivity contribution < 1.29 is 4.74 Å². The maximum Gasteiger partial charge on any atom is 0.205 e. The van der Waals surface area contributed by atoms with Crippen molar-refractivity contribution in [3.8, 4) is 5.75 Å². The highest BCUT2D eigenvalue weighted by atomic mass is 35.5. The van der Waals surface area contributed by atoms with Crippen molar-refractivity contribution in [1.29, 1.82) is 10.8 Å². The van der Waals surface area contributed by atoms with E-state index in [-0.39, 0.29) is 5.22 Å². The average Bonchev–Trinajstić information content (AvgIpc) is 2.24. The van der Waals surface area contributed by atoms with Crippen LogP contribution in [0.25, 0.3) is 0 Å². The second kappa shape index (κ2) is 7.01. The molecule has 0 atom stereocenters. The molecule has 4 nitrogen and oxygen atoms in total. The van der Waals surface area contributed by atoms with Crippen LogP contribution in [0, 0.1) is 10.8 Å². The minimum absolute atomic E-state index is 0.0922. The number of rotatable bonds is 2. The SMILES string of the molecule is N#N.Nc1ccccc1OC(Cl)=CCl. The van der Waals surface area contributed by atoms with E-state index in [0.717, 1.165) is 5.54 Å². The van der Waals surface area contributed by atoms with Crippen molar-refractivity contribution in [3.63, 3.8) is 0 Å². The van der Waals surface area contributed by atoms with Crippen molar-refractivity contribution >= 4 is 28.9 Å². The summed E-state index contributed by atoms with van der Waals surface area (Å²) in [5, 5.41) is 12.1. The molecule has 14 heavy (non-hydrogen) atoms. The van der Waals surface area contributed by atoms with E-state index in [1.54, 1.807) is 24.3 Å². The first kappa shape index (κ1) is 12.6. The lowest BCUT2D eigenvalue weighted by molar-refractivity contribution is 0.466. The molecule has 0 heterocycles. The summed E-state index contributed by atoms with van der Waals surface area (Å²) < 4.78 is 5.06. The number of anilines is 1. The number of nitrogens with zero attached hydrogens (tertiary/aromatic N) is 2. The molecule has 6 heteroatoms. The van der Waals surface area contributed by atoms with Crippen molar-refractivity contribution in [3.05, 3.63) is 35.0 Å². The summed E-state index contributed by atoms with van der Waals surface area (Å²) in [5.74, 6) is 0.499. The van der Waals surface area contributed by atoms with Gasteiger partial charge < -0.3 is 10.5 Å². The highest BCUT2D eigenvalue weighted by molar-refractivity contribution is 6.35. The summed E-state index contributed by atoms with van der Waals surface area (Å²) in [6.07, 6.45) is 0. The van der Waals surface area contributed by atoms with E-state index in [9.17, 15) is 0 Å². The minimum atomic E-state index is 0.0922. The smallest absolute Gasteiger partial charge is 0.205 e. The van der Waals surface area contributed by atoms with Crippen LogP contribution in [0.2, 0.25) is 0 Å². The molecule has 0 aromatic heterocycles. The van der Waals surface area contributed by atoms with Gasteiger partial charge >= 0.3 is 0 Å². The predicted octanol–water partition coefficient (Wildman–Crippen LogP) is 2.95. The first-order valence-electron chi connectivity index (χ1n) is 3.42. The van der Waals surface area contributed by atoms with Gasteiger partial charge in [-0.15, -0.1) is 0 Å². The van der Waals surface area contributed by atoms with E-state index in [1.165, 1.54) is 0 Å². The molecule has 0 saturated carbocycles. The van der Waals surface area contributed by atoms with Gasteiger partial charge in [0.15, 0.2) is 5.75 Å². The van der Waals surface area contributed by atoms with Crippen molar-refractivity contribution in [1.82, 2.24) is 0 Å². The van der Waals surface area contributed by atoms with E-state index in [1.807, 2.05) is 0 Å². The van der Waals surface area contributed by atoms with E-state index >= 15 is 0 Å². The summed E-state index contributed by atoms with van der Waals surface area (Å²) in [6.45, 7) is 0. The lowest BCUT2D eigenvalue weighted by Crippen LogP contribution is -1.93. The molecular weight excluding hydrogens is 225 g/mol. The van der Waals surface area contributed by atoms with Gasteiger partial charge in [0, 0.05) is 10.8 Å². The Morgan fingerprint density at radius 2 is 1.93 bits per heavy atom. The topological polar surface area (TPSA) is 82.8 Å². The molecule has 0 fully saturated rings. The Labute approximate surface area is 91.3 Å². The van der Waals surface area contributed by atoms with Crippen LogP contribution >= 0.6 is 23.2 Å². The average molecular weight is 232 g/mol. The van der Waals surface area contributed by atoms with Gasteiger partial charge in [0.25, 0.3) is 0 Å². The lowest BCUT2D eigenvalue weighted by Gasteiger charge is -2.04. The predicted molar refractivity (Wildman–Crippen MR) is 54.7 cm³/mol. The summed E-state index contributed by atoms with van der Waals surface area (Å²) in [7, 11) is 0. The molecule has 0 aliphatic rings. The van der Waals surface area contributed by atoms with Crippen LogP contribution in [0.15, 0.2) is 35.0 Å². The third kappa shape index (κ3) is 3.99. The zero-order valence-electron chi connectivity index (χ0n) is 7.02. The third-order valence-corrected chi connectivity index (χ3v) is 1.71. The first-order chi connectivity index (χ1) is 6.74. The Morgan fingerprint density at radius 1 is 1.36 bits per heavy atom. The summed E-state index contributed by atoms with van der Waals surface area (Å²) >= 11 is 10.8. The molecule has 0 aliphatic heterocycles. The molecule has 74 valence electrons. The molecule has 1 rings (SSSR count). The molecule has 0 spiro atoms. The number of ether oxygens (including phenoxy) is 1. The van der Waals surface area contributed by atoms with Gasteiger partial charge in [0.1, 0.15) is 0 Å². The maximum atomic E-state index is 6.00. The molecule has 0 saturated heterocycles. The summed E-state index contributed by atoms with van der Waals surface area (Å²) in [6, 6.07) is 7.02. The fourth-order valence-corrected chi connectivity index (χ4v) is 0.828. The number of halogens is 2. The number of benzene rings is 1. The molecule has 0 aliphatic carbocycles. The van der Waals surface area contributed by atoms with Crippen LogP contribution in [0.5, 0.6) is 5.75 Å². The fraction of sp³-hybridized carbons (Fsp3) is 0. The van der Waals surface area contributed by atoms with Crippen LogP contribution in [0.1, 0.15) is 0 Å². The van der Waals surface area contributed by atoms with Crippen molar-refractivity contribution in [2.75, 3.05) is 5.73 Å². The van der Waals surface area contributed by atoms with Gasteiger partial charge in [0.05, 0.1) is 11.2 Å². The third-order valence-electron chi connectivity index (χ3n) is 1.21. The number of nitrogen functional groups attached to an aromatic ring is 1. The van der Waals surface area contributed by atoms with Crippen LogP contribution < -0.4 is 10.5 Å². The summed E-state index contributed by atoms with van der Waals surface area (Å²) in [5.41, 5.74) is 7.22. The molecular formula is C8H7Cl2N3O. The highest BCUT2D eigenvalue weighted by Gasteiger charge is 1.99. The molecule has 1 aromatic carbocycles. The van der Waals surface area contributed by atoms with E-state index in [4.69, 9.17) is 44.5 Å². The Bertz CT molecular complexity index is 338. The molecule has 2 N–H and O–H groups in total. The van der Waals surface area contributed by atoms with Gasteiger partial charge in [0.2, 0.25) is 5.22 Å². The fourth-order valence-electron chi connectivity index (χ4n) is 0.701. The van der Waals surface area contributed by atoms with Crippen LogP contribution in [-0.4, -0.2) is 0 Å². The first-order valence-corrected chi connectivity index (χ1v) is 4.23. The zero-order chi connectivity index (χ0) is 11.0. The van der Waals surface area contributed by atoms with Gasteiger partial charge in [-0.05, 0) is 23.7 Å². The number of nitrogens with two attached hydrogens (primary N) is 1. The summed E-state index contributed by atoms with van der Waals surface area (Å²) in [4.78, 5) is 0. The normalized spacial score (nSPS) is 9.86. The largest absolute Gasteiger partial charge is 0.442 e. The van der Waals surface area contributed by atoms with Gasteiger partial charge in [-0.25, -0.2) is 0 Å². The number of hydrogen-bond donors (Lipinski definition) is 1. The minimum Gasteiger partial charge on any atom is -0.442 e. The second-order valence-corrected chi connectivity index (χ2v) is 2.64. The van der Waals surface area contributed by atoms with Crippen molar-refractivity contribution in [2.45, 2.75) is 0 Å². The molecule has 1 aromatic rings. The van der Waals surface area contributed by atoms with Crippen LogP contribution in [-0.2, 0) is 0 Å². The van der Waals surface area contributed by atoms with Gasteiger partial charge in [-0.2, -0.15) is 0 Å². The van der Waals surface area contributed by atoms with Crippen LogP contribution in [0.3, 0.4) is 0 Å². The van der Waals surface area contributed by atoms with E-state index in [0.29, 0.717) is 11.4 Å². The van der Waals surface area contributed by atoms with E-state index in [2.05, 4.69) is 0 Å². The highest BCUT2D eigenvalue weighted by Crippen LogP contribution is 2.23. The Balaban J connectivity index is 0.000000791. The van der Waals surface area contributed by atoms with E-state index < -0.39 is 0 Å². The molecule has 0 amide bonds. The second-order valence-electron chi connectivity index (χ2n) is 2.05. The molecule has 0 unspecified atom stereocenters. The standard InChI is InChI=1S/C8H7Cl2NO.N2/c9-5-8(10)12-7-4-2-1-3-6(7)11;1-2/h1-5H,11H2;. The van der Waals surface area contributed by atoms with Gasteiger partial charge in [-0.1, -0.05) is 23.7 Å². The monoisotopic (exact) mass is 231 g/mol. The molecule has 0 radical (unpaired) electrons. The Hall–Kier alpha value is -1.44. The Morgan fingerprint density at radius 3 is 2.43 bits per heavy atom. The number of hydrogen-bond acceptors (Lipinski definition) is 4. The maximum absolute atomic E-state index is 6.00.